The highest BCUT2D eigenvalue weighted by molar-refractivity contribution is 7.80. The van der Waals surface area contributed by atoms with Crippen LogP contribution < -0.4 is 9.62 Å². The second kappa shape index (κ2) is 10.3. The molecular formula is C23H24N3O5S2-. The fourth-order valence-corrected chi connectivity index (χ4v) is 5.48. The molecule has 174 valence electrons. The summed E-state index contributed by atoms with van der Waals surface area (Å²) in [6.07, 6.45) is 0.623. The Balaban J connectivity index is 1.61. The van der Waals surface area contributed by atoms with E-state index < -0.39 is 11.3 Å². The molecule has 3 aromatic rings. The van der Waals surface area contributed by atoms with E-state index in [2.05, 4.69) is 5.32 Å². The molecule has 1 aliphatic heterocycles. The molecule has 1 atom stereocenters. The third kappa shape index (κ3) is 5.02. The number of carbonyl (C=O) groups excluding carboxylic acids is 2. The molecule has 10 heteroatoms. The summed E-state index contributed by atoms with van der Waals surface area (Å²) in [6.45, 7) is 2.90. The molecule has 2 amide bonds. The Morgan fingerprint density at radius 1 is 1.15 bits per heavy atom. The number of piperidine rings is 1. The number of carbonyl (C=O) groups is 2. The summed E-state index contributed by atoms with van der Waals surface area (Å²) >= 11 is -1.16. The molecule has 1 aliphatic rings. The zero-order chi connectivity index (χ0) is 23.4. The molecule has 0 bridgehead atoms. The molecular weight excluding hydrogens is 462 g/mol. The van der Waals surface area contributed by atoms with Crippen molar-refractivity contribution in [1.29, 1.82) is 0 Å². The molecule has 4 rings (SSSR count). The topological polar surface area (TPSA) is 102 Å². The lowest BCUT2D eigenvalue weighted by molar-refractivity contribution is 0.0975. The zero-order valence-electron chi connectivity index (χ0n) is 18.1. The molecule has 2 aromatic carbocycles. The Hall–Kier alpha value is -2.95. The van der Waals surface area contributed by atoms with E-state index in [9.17, 15) is 18.4 Å². The first-order valence-corrected chi connectivity index (χ1v) is 12.6. The van der Waals surface area contributed by atoms with Crippen LogP contribution in [0.15, 0.2) is 53.9 Å². The van der Waals surface area contributed by atoms with Crippen molar-refractivity contribution in [3.63, 3.8) is 0 Å². The summed E-state index contributed by atoms with van der Waals surface area (Å²) in [7, 11) is 0. The second-order valence-corrected chi connectivity index (χ2v) is 9.34. The van der Waals surface area contributed by atoms with Crippen LogP contribution in [0.4, 0.5) is 16.2 Å². The summed E-state index contributed by atoms with van der Waals surface area (Å²) < 4.78 is 31.1. The van der Waals surface area contributed by atoms with Gasteiger partial charge in [0.15, 0.2) is 0 Å². The predicted molar refractivity (Wildman–Crippen MR) is 129 cm³/mol. The van der Waals surface area contributed by atoms with Gasteiger partial charge >= 0.3 is 6.09 Å². The van der Waals surface area contributed by atoms with Crippen LogP contribution in [-0.2, 0) is 16.0 Å². The molecule has 1 saturated heterocycles. The van der Waals surface area contributed by atoms with Crippen molar-refractivity contribution < 1.29 is 23.1 Å². The molecule has 0 radical (unpaired) electrons. The van der Waals surface area contributed by atoms with Crippen molar-refractivity contribution in [1.82, 2.24) is 4.90 Å². The number of benzene rings is 2. The number of likely N-dealkylation sites (tertiary alicyclic amines) is 1. The van der Waals surface area contributed by atoms with Crippen molar-refractivity contribution >= 4 is 56.8 Å². The maximum absolute atomic E-state index is 12.6. The highest BCUT2D eigenvalue weighted by Gasteiger charge is 2.29. The third-order valence-electron chi connectivity index (χ3n) is 5.61. The van der Waals surface area contributed by atoms with Crippen molar-refractivity contribution in [2.75, 3.05) is 29.3 Å². The van der Waals surface area contributed by atoms with Crippen LogP contribution in [0.1, 0.15) is 29.4 Å². The molecule has 0 aliphatic carbocycles. The fraction of sp³-hybridized carbons (Fsp3) is 0.304. The number of nitrogens with zero attached hydrogens (tertiary/aromatic N) is 2. The maximum atomic E-state index is 12.6. The van der Waals surface area contributed by atoms with Gasteiger partial charge in [-0.05, 0) is 43.3 Å². The molecule has 2 heterocycles. The van der Waals surface area contributed by atoms with Crippen LogP contribution in [0.3, 0.4) is 0 Å². The number of amides is 2. The Morgan fingerprint density at radius 2 is 1.88 bits per heavy atom. The van der Waals surface area contributed by atoms with Gasteiger partial charge < -0.3 is 19.5 Å². The minimum atomic E-state index is -2.51. The van der Waals surface area contributed by atoms with Gasteiger partial charge in [-0.1, -0.05) is 30.3 Å². The van der Waals surface area contributed by atoms with Gasteiger partial charge in [-0.3, -0.25) is 13.3 Å². The number of hydrogen-bond donors (Lipinski definition) is 1. The van der Waals surface area contributed by atoms with E-state index in [0.29, 0.717) is 48.8 Å². The maximum Gasteiger partial charge on any atom is 0.409 e. The van der Waals surface area contributed by atoms with Gasteiger partial charge in [0.25, 0.3) is 5.91 Å². The minimum Gasteiger partial charge on any atom is -0.755 e. The van der Waals surface area contributed by atoms with E-state index in [1.54, 1.807) is 42.2 Å². The molecule has 1 N–H and O–H groups in total. The standard InChI is InChI=1S/C23H25N3O5S2/c1-2-31-23(28)25-13-11-16(12-14-25)26(33(29)30)20-9-4-6-17-18(20)7-3-8-19(17)24-22(27)21-10-5-15-32-21/h3-10,15-16H,2,11-14H2,1H3,(H,24,27)(H,29,30)/p-1. The van der Waals surface area contributed by atoms with E-state index >= 15 is 0 Å². The van der Waals surface area contributed by atoms with Crippen molar-refractivity contribution in [2.24, 2.45) is 0 Å². The summed E-state index contributed by atoms with van der Waals surface area (Å²) in [5, 5.41) is 6.24. The SMILES string of the molecule is CCOC(=O)N1CCC(N(c2cccc3c(NC(=O)c4cccs4)cccc23)S(=O)[O-])CC1. The lowest BCUT2D eigenvalue weighted by atomic mass is 10.0. The smallest absolute Gasteiger partial charge is 0.409 e. The zero-order valence-corrected chi connectivity index (χ0v) is 19.7. The van der Waals surface area contributed by atoms with Gasteiger partial charge in [-0.15, -0.1) is 11.3 Å². The van der Waals surface area contributed by atoms with Crippen LogP contribution in [0.2, 0.25) is 0 Å². The number of hydrogen-bond acceptors (Lipinski definition) is 6. The number of anilines is 2. The van der Waals surface area contributed by atoms with Crippen LogP contribution >= 0.6 is 11.3 Å². The Morgan fingerprint density at radius 3 is 2.55 bits per heavy atom. The van der Waals surface area contributed by atoms with Gasteiger partial charge in [0.05, 0.1) is 17.2 Å². The molecule has 1 unspecified atom stereocenters. The number of ether oxygens (including phenoxy) is 1. The summed E-state index contributed by atoms with van der Waals surface area (Å²) in [5.41, 5.74) is 1.16. The molecule has 8 nitrogen and oxygen atoms in total. The highest BCUT2D eigenvalue weighted by Crippen LogP contribution is 2.35. The minimum absolute atomic E-state index is 0.210. The van der Waals surface area contributed by atoms with Crippen LogP contribution in [0, 0.1) is 0 Å². The quantitative estimate of drug-likeness (QED) is 0.521. The second-order valence-electron chi connectivity index (χ2n) is 7.57. The van der Waals surface area contributed by atoms with Crippen LogP contribution in [0.25, 0.3) is 10.8 Å². The molecule has 1 fully saturated rings. The van der Waals surface area contributed by atoms with E-state index in [0.717, 1.165) is 10.8 Å². The summed E-state index contributed by atoms with van der Waals surface area (Å²) in [4.78, 5) is 26.8. The Labute approximate surface area is 198 Å². The molecule has 1 aromatic heterocycles. The lowest BCUT2D eigenvalue weighted by Gasteiger charge is -2.40. The van der Waals surface area contributed by atoms with E-state index in [1.165, 1.54) is 15.6 Å². The Kier molecular flexibility index (Phi) is 7.26. The van der Waals surface area contributed by atoms with Gasteiger partial charge in [0.1, 0.15) is 0 Å². The average Bonchev–Trinajstić information content (AvgIpc) is 3.35. The van der Waals surface area contributed by atoms with Crippen molar-refractivity contribution in [3.8, 4) is 0 Å². The number of thiophene rings is 1. The average molecular weight is 487 g/mol. The van der Waals surface area contributed by atoms with Gasteiger partial charge in [-0.25, -0.2) is 4.79 Å². The largest absolute Gasteiger partial charge is 0.755 e. The van der Waals surface area contributed by atoms with Crippen molar-refractivity contribution in [3.05, 3.63) is 58.8 Å². The molecule has 0 spiro atoms. The van der Waals surface area contributed by atoms with E-state index in [1.807, 2.05) is 23.6 Å². The van der Waals surface area contributed by atoms with E-state index in [4.69, 9.17) is 4.74 Å². The number of nitrogens with one attached hydrogen (secondary N) is 1. The lowest BCUT2D eigenvalue weighted by Crippen LogP contribution is -2.47. The van der Waals surface area contributed by atoms with Gasteiger partial charge in [-0.2, -0.15) is 0 Å². The fourth-order valence-electron chi connectivity index (χ4n) is 4.08. The number of fused-ring (bicyclic) bond motifs is 1. The predicted octanol–water partition coefficient (Wildman–Crippen LogP) is 4.38. The third-order valence-corrected chi connectivity index (χ3v) is 7.30. The first-order valence-electron chi connectivity index (χ1n) is 10.7. The summed E-state index contributed by atoms with van der Waals surface area (Å²) in [5.74, 6) is -0.210. The van der Waals surface area contributed by atoms with Crippen LogP contribution in [-0.4, -0.2) is 51.4 Å². The number of rotatable bonds is 6. The van der Waals surface area contributed by atoms with Gasteiger partial charge in [0.2, 0.25) is 0 Å². The summed E-state index contributed by atoms with van der Waals surface area (Å²) in [6, 6.07) is 14.1. The monoisotopic (exact) mass is 486 g/mol. The van der Waals surface area contributed by atoms with Gasteiger partial charge in [0, 0.05) is 46.9 Å². The first-order chi connectivity index (χ1) is 16.0. The first kappa shape index (κ1) is 23.2. The molecule has 0 saturated carbocycles. The molecule has 33 heavy (non-hydrogen) atoms. The highest BCUT2D eigenvalue weighted by atomic mass is 32.2. The van der Waals surface area contributed by atoms with Crippen molar-refractivity contribution in [2.45, 2.75) is 25.8 Å². The Bertz CT molecular complexity index is 1160. The normalized spacial score (nSPS) is 15.3. The van der Waals surface area contributed by atoms with E-state index in [-0.39, 0.29) is 18.0 Å². The van der Waals surface area contributed by atoms with Crippen LogP contribution in [0.5, 0.6) is 0 Å².